The average Bonchev–Trinajstić information content (AvgIpc) is 3.16. The van der Waals surface area contributed by atoms with Crippen LogP contribution in [-0.2, 0) is 28.5 Å². The maximum absolute atomic E-state index is 12.1. The van der Waals surface area contributed by atoms with Crippen LogP contribution in [0.3, 0.4) is 0 Å². The second kappa shape index (κ2) is 43.9. The number of rotatable bonds is 46. The molecular formula is C48H96NO6+. The zero-order valence-corrected chi connectivity index (χ0v) is 37.6. The molecule has 0 bridgehead atoms. The topological polar surface area (TPSA) is 71.1 Å². The predicted molar refractivity (Wildman–Crippen MR) is 234 cm³/mol. The molecule has 0 spiro atoms. The number of esters is 2. The SMILES string of the molecule is CCCCCCCCCCCCCCCCCCOCCC(=O)OCC[N+](C)(C)CCOC(=O)CCOCCCCCCCCCCCCCCCCCC. The lowest BCUT2D eigenvalue weighted by Gasteiger charge is -2.29. The van der Waals surface area contributed by atoms with Crippen molar-refractivity contribution in [2.45, 2.75) is 232 Å². The molecule has 0 aromatic rings. The van der Waals surface area contributed by atoms with E-state index >= 15 is 0 Å². The van der Waals surface area contributed by atoms with Crippen molar-refractivity contribution < 1.29 is 33.0 Å². The summed E-state index contributed by atoms with van der Waals surface area (Å²) in [5, 5.41) is 0. The Morgan fingerprint density at radius 2 is 0.564 bits per heavy atom. The van der Waals surface area contributed by atoms with Gasteiger partial charge < -0.3 is 23.4 Å². The lowest BCUT2D eigenvalue weighted by molar-refractivity contribution is -0.890. The number of hydrogen-bond acceptors (Lipinski definition) is 6. The molecule has 0 aliphatic heterocycles. The fraction of sp³-hybridized carbons (Fsp3) is 0.958. The summed E-state index contributed by atoms with van der Waals surface area (Å²) in [4.78, 5) is 24.3. The molecule has 7 heteroatoms. The van der Waals surface area contributed by atoms with E-state index in [1.54, 1.807) is 0 Å². The smallest absolute Gasteiger partial charge is 0.308 e. The lowest BCUT2D eigenvalue weighted by atomic mass is 10.0. The van der Waals surface area contributed by atoms with Gasteiger partial charge in [0.1, 0.15) is 26.3 Å². The van der Waals surface area contributed by atoms with Crippen molar-refractivity contribution in [3.63, 3.8) is 0 Å². The highest BCUT2D eigenvalue weighted by Gasteiger charge is 2.17. The first-order chi connectivity index (χ1) is 26.9. The van der Waals surface area contributed by atoms with Gasteiger partial charge in [-0.05, 0) is 12.8 Å². The molecule has 0 atom stereocenters. The predicted octanol–water partition coefficient (Wildman–Crippen LogP) is 13.5. The number of likely N-dealkylation sites (N-methyl/N-ethyl adjacent to an activating group) is 1. The van der Waals surface area contributed by atoms with Crippen molar-refractivity contribution in [1.82, 2.24) is 0 Å². The number of ether oxygens (including phenoxy) is 4. The molecule has 0 unspecified atom stereocenters. The van der Waals surface area contributed by atoms with Gasteiger partial charge in [-0.2, -0.15) is 0 Å². The van der Waals surface area contributed by atoms with Crippen LogP contribution in [0.1, 0.15) is 232 Å². The minimum atomic E-state index is -0.210. The van der Waals surface area contributed by atoms with E-state index in [4.69, 9.17) is 18.9 Å². The Morgan fingerprint density at radius 3 is 0.818 bits per heavy atom. The van der Waals surface area contributed by atoms with Gasteiger partial charge >= 0.3 is 11.9 Å². The number of hydrogen-bond donors (Lipinski definition) is 0. The fourth-order valence-electron chi connectivity index (χ4n) is 7.09. The highest BCUT2D eigenvalue weighted by Crippen LogP contribution is 2.15. The lowest BCUT2D eigenvalue weighted by Crippen LogP contribution is -2.45. The van der Waals surface area contributed by atoms with E-state index in [2.05, 4.69) is 27.9 Å². The molecule has 7 nitrogen and oxygen atoms in total. The van der Waals surface area contributed by atoms with E-state index < -0.39 is 0 Å². The molecule has 0 radical (unpaired) electrons. The van der Waals surface area contributed by atoms with Crippen LogP contribution in [0.15, 0.2) is 0 Å². The minimum Gasteiger partial charge on any atom is -0.460 e. The first-order valence-electron chi connectivity index (χ1n) is 24.2. The molecular weight excluding hydrogens is 687 g/mol. The second-order valence-corrected chi connectivity index (χ2v) is 17.2. The van der Waals surface area contributed by atoms with Gasteiger partial charge in [0.15, 0.2) is 0 Å². The van der Waals surface area contributed by atoms with Crippen molar-refractivity contribution >= 4 is 11.9 Å². The molecule has 0 amide bonds. The summed E-state index contributed by atoms with van der Waals surface area (Å²) < 4.78 is 22.8. The van der Waals surface area contributed by atoms with Gasteiger partial charge in [0.05, 0.1) is 40.2 Å². The van der Waals surface area contributed by atoms with E-state index in [-0.39, 0.29) is 11.9 Å². The van der Waals surface area contributed by atoms with Crippen molar-refractivity contribution in [2.24, 2.45) is 0 Å². The number of nitrogens with zero attached hydrogens (tertiary/aromatic N) is 1. The van der Waals surface area contributed by atoms with Gasteiger partial charge in [-0.3, -0.25) is 9.59 Å². The summed E-state index contributed by atoms with van der Waals surface area (Å²) in [7, 11) is 4.12. The van der Waals surface area contributed by atoms with Crippen molar-refractivity contribution in [3.8, 4) is 0 Å². The maximum atomic E-state index is 12.1. The molecule has 0 saturated carbocycles. The molecule has 0 aliphatic rings. The van der Waals surface area contributed by atoms with Crippen LogP contribution in [0.2, 0.25) is 0 Å². The molecule has 55 heavy (non-hydrogen) atoms. The molecule has 0 heterocycles. The van der Waals surface area contributed by atoms with E-state index in [0.717, 1.165) is 26.1 Å². The van der Waals surface area contributed by atoms with Crippen LogP contribution in [0, 0.1) is 0 Å². The van der Waals surface area contributed by atoms with Crippen LogP contribution in [0.5, 0.6) is 0 Å². The molecule has 0 rings (SSSR count). The van der Waals surface area contributed by atoms with E-state index in [0.29, 0.717) is 56.8 Å². The van der Waals surface area contributed by atoms with Crippen LogP contribution in [0.4, 0.5) is 0 Å². The molecule has 328 valence electrons. The Labute approximate surface area is 343 Å². The third-order valence-corrected chi connectivity index (χ3v) is 11.1. The van der Waals surface area contributed by atoms with Crippen molar-refractivity contribution in [3.05, 3.63) is 0 Å². The molecule has 0 aromatic heterocycles. The van der Waals surface area contributed by atoms with Gasteiger partial charge in [-0.1, -0.05) is 206 Å². The number of carbonyl (C=O) groups is 2. The van der Waals surface area contributed by atoms with Crippen molar-refractivity contribution in [2.75, 3.05) is 66.8 Å². The Bertz CT molecular complexity index is 728. The van der Waals surface area contributed by atoms with Gasteiger partial charge in [0.25, 0.3) is 0 Å². The van der Waals surface area contributed by atoms with Crippen molar-refractivity contribution in [1.29, 1.82) is 0 Å². The first kappa shape index (κ1) is 53.8. The van der Waals surface area contributed by atoms with Gasteiger partial charge in [-0.25, -0.2) is 0 Å². The number of quaternary nitrogens is 1. The molecule has 0 fully saturated rings. The highest BCUT2D eigenvalue weighted by atomic mass is 16.5. The zero-order valence-electron chi connectivity index (χ0n) is 37.6. The maximum Gasteiger partial charge on any atom is 0.308 e. The van der Waals surface area contributed by atoms with Gasteiger partial charge in [0.2, 0.25) is 0 Å². The van der Waals surface area contributed by atoms with E-state index in [9.17, 15) is 9.59 Å². The summed E-state index contributed by atoms with van der Waals surface area (Å²) >= 11 is 0. The van der Waals surface area contributed by atoms with Crippen LogP contribution in [0.25, 0.3) is 0 Å². The van der Waals surface area contributed by atoms with E-state index in [1.807, 2.05) is 0 Å². The standard InChI is InChI=1S/C48H96NO6/c1-5-7-9-11-13-15-17-19-21-23-25-27-29-31-33-35-41-52-43-37-47(50)54-45-39-49(3,4)40-46-55-48(51)38-44-53-42-36-34-32-30-28-26-24-22-20-18-16-14-12-10-8-6-2/h5-46H2,1-4H3/q+1. The number of unbranched alkanes of at least 4 members (excludes halogenated alkanes) is 30. The molecule has 0 saturated heterocycles. The van der Waals surface area contributed by atoms with Gasteiger partial charge in [-0.15, -0.1) is 0 Å². The Balaban J connectivity index is 3.43. The Kier molecular flexibility index (Phi) is 43.0. The van der Waals surface area contributed by atoms with Crippen LogP contribution in [-0.4, -0.2) is 83.2 Å². The normalized spacial score (nSPS) is 11.7. The third-order valence-electron chi connectivity index (χ3n) is 11.1. The fourth-order valence-corrected chi connectivity index (χ4v) is 7.09. The Morgan fingerprint density at radius 1 is 0.327 bits per heavy atom. The first-order valence-corrected chi connectivity index (χ1v) is 24.2. The number of carbonyl (C=O) groups excluding carboxylic acids is 2. The largest absolute Gasteiger partial charge is 0.460 e. The monoisotopic (exact) mass is 783 g/mol. The minimum absolute atomic E-state index is 0.210. The van der Waals surface area contributed by atoms with E-state index in [1.165, 1.54) is 193 Å². The molecule has 0 aliphatic carbocycles. The second-order valence-electron chi connectivity index (χ2n) is 17.2. The Hall–Kier alpha value is -1.18. The van der Waals surface area contributed by atoms with Crippen LogP contribution >= 0.6 is 0 Å². The third kappa shape index (κ3) is 45.4. The van der Waals surface area contributed by atoms with Crippen LogP contribution < -0.4 is 0 Å². The van der Waals surface area contributed by atoms with Gasteiger partial charge in [0, 0.05) is 13.2 Å². The summed E-state index contributed by atoms with van der Waals surface area (Å²) in [6.45, 7) is 8.91. The average molecular weight is 783 g/mol. The molecule has 0 aromatic carbocycles. The molecule has 0 N–H and O–H groups in total. The summed E-state index contributed by atoms with van der Waals surface area (Å²) in [5.74, 6) is -0.420. The zero-order chi connectivity index (χ0) is 40.2. The quantitative estimate of drug-likeness (QED) is 0.0348. The summed E-state index contributed by atoms with van der Waals surface area (Å²) in [5.41, 5.74) is 0. The summed E-state index contributed by atoms with van der Waals surface area (Å²) in [6.07, 6.45) is 44.1. The summed E-state index contributed by atoms with van der Waals surface area (Å²) in [6, 6.07) is 0. The highest BCUT2D eigenvalue weighted by molar-refractivity contribution is 5.69.